The predicted octanol–water partition coefficient (Wildman–Crippen LogP) is 1.65. The van der Waals surface area contributed by atoms with Crippen LogP contribution < -0.4 is 10.6 Å². The molecule has 0 saturated carbocycles. The maximum absolute atomic E-state index is 12.6. The van der Waals surface area contributed by atoms with Crippen molar-refractivity contribution in [2.75, 3.05) is 31.8 Å². The standard InChI is InChI=1S/C20H30N2O6S/c1-20(9-11-27-12-10-20)15-21-18(23)17(8-13-29(2,25)26)22-19(24)28-14-16-6-4-3-5-7-16/h3-7,17H,8-15H2,1-2H3,(H,21,23)(H,22,24)/t17-/m1/s1. The zero-order chi connectivity index (χ0) is 21.3. The van der Waals surface area contributed by atoms with Crippen LogP contribution >= 0.6 is 0 Å². The van der Waals surface area contributed by atoms with E-state index >= 15 is 0 Å². The maximum atomic E-state index is 12.6. The topological polar surface area (TPSA) is 111 Å². The molecule has 8 nitrogen and oxygen atoms in total. The van der Waals surface area contributed by atoms with Crippen molar-refractivity contribution < 1.29 is 27.5 Å². The number of carbonyl (C=O) groups excluding carboxylic acids is 2. The molecule has 0 aromatic heterocycles. The number of amides is 2. The largest absolute Gasteiger partial charge is 0.445 e. The number of sulfone groups is 1. The molecule has 2 N–H and O–H groups in total. The highest BCUT2D eigenvalue weighted by molar-refractivity contribution is 7.90. The van der Waals surface area contributed by atoms with Crippen LogP contribution in [0.1, 0.15) is 31.7 Å². The van der Waals surface area contributed by atoms with Gasteiger partial charge in [0, 0.05) is 26.0 Å². The number of hydrogen-bond acceptors (Lipinski definition) is 6. The Bertz CT molecular complexity index is 775. The van der Waals surface area contributed by atoms with E-state index in [4.69, 9.17) is 9.47 Å². The van der Waals surface area contributed by atoms with E-state index in [1.165, 1.54) is 0 Å². The van der Waals surface area contributed by atoms with Crippen LogP contribution in [0.4, 0.5) is 4.79 Å². The van der Waals surface area contributed by atoms with Gasteiger partial charge in [0.2, 0.25) is 5.91 Å². The van der Waals surface area contributed by atoms with Gasteiger partial charge in [0.25, 0.3) is 0 Å². The van der Waals surface area contributed by atoms with Gasteiger partial charge in [-0.2, -0.15) is 0 Å². The lowest BCUT2D eigenvalue weighted by atomic mass is 9.82. The molecule has 0 spiro atoms. The van der Waals surface area contributed by atoms with Crippen LogP contribution in [0, 0.1) is 5.41 Å². The Labute approximate surface area is 172 Å². The third-order valence-corrected chi connectivity index (χ3v) is 5.97. The van der Waals surface area contributed by atoms with Gasteiger partial charge in [-0.05, 0) is 30.2 Å². The van der Waals surface area contributed by atoms with Gasteiger partial charge in [0.15, 0.2) is 0 Å². The minimum atomic E-state index is -3.28. The fourth-order valence-electron chi connectivity index (χ4n) is 2.97. The second kappa shape index (κ2) is 10.6. The SMILES string of the molecule is CC1(CNC(=O)[C@@H](CCS(C)(=O)=O)NC(=O)OCc2ccccc2)CCOCC1. The lowest BCUT2D eigenvalue weighted by Gasteiger charge is -2.34. The lowest BCUT2D eigenvalue weighted by Crippen LogP contribution is -2.50. The summed E-state index contributed by atoms with van der Waals surface area (Å²) in [4.78, 5) is 24.8. The molecule has 0 bridgehead atoms. The smallest absolute Gasteiger partial charge is 0.408 e. The molecule has 1 saturated heterocycles. The number of benzene rings is 1. The van der Waals surface area contributed by atoms with Gasteiger partial charge >= 0.3 is 6.09 Å². The summed E-state index contributed by atoms with van der Waals surface area (Å²) in [7, 11) is -3.28. The molecule has 1 fully saturated rings. The first-order valence-corrected chi connectivity index (χ1v) is 11.7. The van der Waals surface area contributed by atoms with E-state index in [2.05, 4.69) is 17.6 Å². The second-order valence-electron chi connectivity index (χ2n) is 7.82. The average Bonchev–Trinajstić information content (AvgIpc) is 2.68. The first-order chi connectivity index (χ1) is 13.7. The van der Waals surface area contributed by atoms with Crippen molar-refractivity contribution >= 4 is 21.8 Å². The van der Waals surface area contributed by atoms with Crippen LogP contribution in [0.25, 0.3) is 0 Å². The van der Waals surface area contributed by atoms with E-state index in [1.807, 2.05) is 30.3 Å². The second-order valence-corrected chi connectivity index (χ2v) is 10.1. The van der Waals surface area contributed by atoms with Gasteiger partial charge in [-0.3, -0.25) is 4.79 Å². The van der Waals surface area contributed by atoms with Crippen LogP contribution in [0.5, 0.6) is 0 Å². The Morgan fingerprint density at radius 3 is 2.48 bits per heavy atom. The lowest BCUT2D eigenvalue weighted by molar-refractivity contribution is -0.124. The van der Waals surface area contributed by atoms with Crippen molar-refractivity contribution in [3.63, 3.8) is 0 Å². The van der Waals surface area contributed by atoms with Crippen LogP contribution in [0.3, 0.4) is 0 Å². The monoisotopic (exact) mass is 426 g/mol. The molecule has 1 aliphatic rings. The number of hydrogen-bond donors (Lipinski definition) is 2. The van der Waals surface area contributed by atoms with Gasteiger partial charge < -0.3 is 20.1 Å². The van der Waals surface area contributed by atoms with Gasteiger partial charge in [-0.15, -0.1) is 0 Å². The van der Waals surface area contributed by atoms with E-state index < -0.39 is 27.9 Å². The van der Waals surface area contributed by atoms with Crippen LogP contribution in [-0.2, 0) is 30.7 Å². The summed E-state index contributed by atoms with van der Waals surface area (Å²) in [6.45, 7) is 3.86. The van der Waals surface area contributed by atoms with E-state index in [1.54, 1.807) is 0 Å². The normalized spacial score (nSPS) is 17.2. The molecule has 1 aromatic rings. The van der Waals surface area contributed by atoms with E-state index in [0.717, 1.165) is 24.7 Å². The minimum absolute atomic E-state index is 0.0229. The van der Waals surface area contributed by atoms with Crippen molar-refractivity contribution in [2.24, 2.45) is 5.41 Å². The van der Waals surface area contributed by atoms with Crippen molar-refractivity contribution in [3.05, 3.63) is 35.9 Å². The zero-order valence-electron chi connectivity index (χ0n) is 17.0. The highest BCUT2D eigenvalue weighted by Crippen LogP contribution is 2.28. The third kappa shape index (κ3) is 8.82. The van der Waals surface area contributed by atoms with Gasteiger partial charge in [0.05, 0.1) is 5.75 Å². The maximum Gasteiger partial charge on any atom is 0.408 e. The molecule has 1 heterocycles. The molecule has 29 heavy (non-hydrogen) atoms. The van der Waals surface area contributed by atoms with Crippen LogP contribution in [0.2, 0.25) is 0 Å². The fourth-order valence-corrected chi connectivity index (χ4v) is 3.64. The Morgan fingerprint density at radius 2 is 1.86 bits per heavy atom. The molecule has 0 aliphatic carbocycles. The first-order valence-electron chi connectivity index (χ1n) is 9.67. The van der Waals surface area contributed by atoms with E-state index in [0.29, 0.717) is 19.8 Å². The van der Waals surface area contributed by atoms with Gasteiger partial charge in [0.1, 0.15) is 22.5 Å². The summed E-state index contributed by atoms with van der Waals surface area (Å²) in [6.07, 6.45) is 1.96. The Balaban J connectivity index is 1.91. The number of rotatable bonds is 9. The quantitative estimate of drug-likeness (QED) is 0.621. The molecular formula is C20H30N2O6S. The molecule has 162 valence electrons. The predicted molar refractivity (Wildman–Crippen MR) is 109 cm³/mol. The Kier molecular flexibility index (Phi) is 8.45. The number of nitrogens with one attached hydrogen (secondary N) is 2. The van der Waals surface area contributed by atoms with Gasteiger partial charge in [-0.25, -0.2) is 13.2 Å². The Hall–Kier alpha value is -2.13. The number of carbonyl (C=O) groups is 2. The first kappa shape index (κ1) is 23.2. The van der Waals surface area contributed by atoms with Crippen molar-refractivity contribution in [3.8, 4) is 0 Å². The molecule has 0 unspecified atom stereocenters. The van der Waals surface area contributed by atoms with Crippen molar-refractivity contribution in [1.82, 2.24) is 10.6 Å². The highest BCUT2D eigenvalue weighted by Gasteiger charge is 2.30. The van der Waals surface area contributed by atoms with Crippen LogP contribution in [0.15, 0.2) is 30.3 Å². The van der Waals surface area contributed by atoms with Crippen LogP contribution in [-0.4, -0.2) is 58.2 Å². The third-order valence-electron chi connectivity index (χ3n) is 4.99. The summed E-state index contributed by atoms with van der Waals surface area (Å²) in [5.74, 6) is -0.632. The summed E-state index contributed by atoms with van der Waals surface area (Å²) < 4.78 is 33.6. The molecule has 2 amide bonds. The molecule has 1 atom stereocenters. The molecule has 0 radical (unpaired) electrons. The highest BCUT2D eigenvalue weighted by atomic mass is 32.2. The summed E-state index contributed by atoms with van der Waals surface area (Å²) in [6, 6.07) is 8.15. The Morgan fingerprint density at radius 1 is 1.21 bits per heavy atom. The van der Waals surface area contributed by atoms with Gasteiger partial charge in [-0.1, -0.05) is 37.3 Å². The van der Waals surface area contributed by atoms with E-state index in [-0.39, 0.29) is 24.2 Å². The number of ether oxygens (including phenoxy) is 2. The van der Waals surface area contributed by atoms with Crippen molar-refractivity contribution in [2.45, 2.75) is 38.8 Å². The van der Waals surface area contributed by atoms with Crippen molar-refractivity contribution in [1.29, 1.82) is 0 Å². The average molecular weight is 427 g/mol. The number of alkyl carbamates (subject to hydrolysis) is 1. The molecule has 2 rings (SSSR count). The molecule has 1 aliphatic heterocycles. The zero-order valence-corrected chi connectivity index (χ0v) is 17.8. The van der Waals surface area contributed by atoms with E-state index in [9.17, 15) is 18.0 Å². The molecule has 1 aromatic carbocycles. The molecular weight excluding hydrogens is 396 g/mol. The summed E-state index contributed by atoms with van der Waals surface area (Å²) in [5.41, 5.74) is 0.732. The fraction of sp³-hybridized carbons (Fsp3) is 0.600. The summed E-state index contributed by atoms with van der Waals surface area (Å²) >= 11 is 0. The molecule has 9 heteroatoms. The summed E-state index contributed by atoms with van der Waals surface area (Å²) in [5, 5.41) is 5.35. The minimum Gasteiger partial charge on any atom is -0.445 e.